The SMILES string of the molecule is CCCC1CCN(C(C)C(=O)Nc2cccc(CN)c2)C1. The highest BCUT2D eigenvalue weighted by molar-refractivity contribution is 5.94. The van der Waals surface area contributed by atoms with Gasteiger partial charge in [0.1, 0.15) is 0 Å². The van der Waals surface area contributed by atoms with Crippen LogP contribution < -0.4 is 11.1 Å². The Morgan fingerprint density at radius 3 is 3.05 bits per heavy atom. The molecule has 0 aromatic heterocycles. The lowest BCUT2D eigenvalue weighted by Crippen LogP contribution is -2.40. The molecule has 1 aliphatic rings. The number of rotatable bonds is 6. The summed E-state index contributed by atoms with van der Waals surface area (Å²) in [6.07, 6.45) is 3.71. The standard InChI is InChI=1S/C17H27N3O/c1-3-5-14-8-9-20(12-14)13(2)17(21)19-16-7-4-6-15(10-16)11-18/h4,6-7,10,13-14H,3,5,8-9,11-12,18H2,1-2H3,(H,19,21). The summed E-state index contributed by atoms with van der Waals surface area (Å²) in [7, 11) is 0. The molecule has 21 heavy (non-hydrogen) atoms. The van der Waals surface area contributed by atoms with E-state index in [-0.39, 0.29) is 11.9 Å². The van der Waals surface area contributed by atoms with Crippen LogP contribution in [0, 0.1) is 5.92 Å². The normalized spacial score (nSPS) is 20.4. The Kier molecular flexibility index (Phi) is 5.76. The van der Waals surface area contributed by atoms with E-state index in [0.29, 0.717) is 6.54 Å². The van der Waals surface area contributed by atoms with Crippen molar-refractivity contribution in [2.45, 2.75) is 45.7 Å². The van der Waals surface area contributed by atoms with Crippen molar-refractivity contribution in [3.63, 3.8) is 0 Å². The monoisotopic (exact) mass is 289 g/mol. The van der Waals surface area contributed by atoms with Crippen LogP contribution in [-0.2, 0) is 11.3 Å². The van der Waals surface area contributed by atoms with E-state index in [1.54, 1.807) is 0 Å². The predicted molar refractivity (Wildman–Crippen MR) is 87.0 cm³/mol. The fourth-order valence-corrected chi connectivity index (χ4v) is 3.05. The third kappa shape index (κ3) is 4.29. The predicted octanol–water partition coefficient (Wildman–Crippen LogP) is 2.59. The van der Waals surface area contributed by atoms with Gasteiger partial charge in [-0.15, -0.1) is 0 Å². The largest absolute Gasteiger partial charge is 0.326 e. The van der Waals surface area contributed by atoms with Crippen LogP contribution in [-0.4, -0.2) is 29.9 Å². The molecule has 0 aliphatic carbocycles. The van der Waals surface area contributed by atoms with Crippen LogP contribution >= 0.6 is 0 Å². The Balaban J connectivity index is 1.90. The molecule has 0 bridgehead atoms. The second-order valence-corrected chi connectivity index (χ2v) is 6.01. The minimum atomic E-state index is -0.0756. The van der Waals surface area contributed by atoms with Crippen molar-refractivity contribution in [2.24, 2.45) is 11.7 Å². The molecule has 4 nitrogen and oxygen atoms in total. The molecular weight excluding hydrogens is 262 g/mol. The van der Waals surface area contributed by atoms with Gasteiger partial charge in [0.2, 0.25) is 5.91 Å². The first-order valence-corrected chi connectivity index (χ1v) is 7.98. The van der Waals surface area contributed by atoms with Gasteiger partial charge in [0.25, 0.3) is 0 Å². The van der Waals surface area contributed by atoms with Gasteiger partial charge in [-0.25, -0.2) is 0 Å². The summed E-state index contributed by atoms with van der Waals surface area (Å²) >= 11 is 0. The van der Waals surface area contributed by atoms with Crippen LogP contribution in [0.1, 0.15) is 38.7 Å². The van der Waals surface area contributed by atoms with Crippen LogP contribution in [0.3, 0.4) is 0 Å². The zero-order chi connectivity index (χ0) is 15.2. The van der Waals surface area contributed by atoms with Gasteiger partial charge in [0.15, 0.2) is 0 Å². The maximum absolute atomic E-state index is 12.4. The molecule has 0 spiro atoms. The molecule has 1 heterocycles. The Morgan fingerprint density at radius 1 is 1.52 bits per heavy atom. The summed E-state index contributed by atoms with van der Waals surface area (Å²) in [5.74, 6) is 0.826. The third-order valence-corrected chi connectivity index (χ3v) is 4.37. The van der Waals surface area contributed by atoms with E-state index in [2.05, 4.69) is 17.1 Å². The van der Waals surface area contributed by atoms with Crippen LogP contribution in [0.4, 0.5) is 5.69 Å². The maximum atomic E-state index is 12.4. The lowest BCUT2D eigenvalue weighted by atomic mass is 10.0. The van der Waals surface area contributed by atoms with Crippen molar-refractivity contribution in [1.29, 1.82) is 0 Å². The van der Waals surface area contributed by atoms with Crippen LogP contribution in [0.25, 0.3) is 0 Å². The molecule has 2 unspecified atom stereocenters. The number of hydrogen-bond acceptors (Lipinski definition) is 3. The average Bonchev–Trinajstić information content (AvgIpc) is 2.95. The second-order valence-electron chi connectivity index (χ2n) is 6.01. The number of nitrogens with two attached hydrogens (primary N) is 1. The molecular formula is C17H27N3O. The van der Waals surface area contributed by atoms with Crippen LogP contribution in [0.15, 0.2) is 24.3 Å². The number of nitrogens with one attached hydrogen (secondary N) is 1. The van der Waals surface area contributed by atoms with Gasteiger partial charge in [-0.1, -0.05) is 25.5 Å². The van der Waals surface area contributed by atoms with Crippen molar-refractivity contribution < 1.29 is 4.79 Å². The minimum Gasteiger partial charge on any atom is -0.326 e. The number of hydrogen-bond donors (Lipinski definition) is 2. The van der Waals surface area contributed by atoms with Gasteiger partial charge in [-0.2, -0.15) is 0 Å². The smallest absolute Gasteiger partial charge is 0.241 e. The maximum Gasteiger partial charge on any atom is 0.241 e. The highest BCUT2D eigenvalue weighted by atomic mass is 16.2. The third-order valence-electron chi connectivity index (χ3n) is 4.37. The average molecular weight is 289 g/mol. The van der Waals surface area contributed by atoms with E-state index in [4.69, 9.17) is 5.73 Å². The van der Waals surface area contributed by atoms with Gasteiger partial charge in [-0.3, -0.25) is 9.69 Å². The fourth-order valence-electron chi connectivity index (χ4n) is 3.05. The first kappa shape index (κ1) is 16.0. The van der Waals surface area contributed by atoms with E-state index < -0.39 is 0 Å². The molecule has 4 heteroatoms. The van der Waals surface area contributed by atoms with Crippen molar-refractivity contribution in [3.05, 3.63) is 29.8 Å². The second kappa shape index (κ2) is 7.57. The summed E-state index contributed by atoms with van der Waals surface area (Å²) in [6.45, 7) is 6.79. The molecule has 116 valence electrons. The summed E-state index contributed by atoms with van der Waals surface area (Å²) in [5, 5.41) is 3.00. The van der Waals surface area contributed by atoms with Gasteiger partial charge >= 0.3 is 0 Å². The number of anilines is 1. The highest BCUT2D eigenvalue weighted by Crippen LogP contribution is 2.23. The van der Waals surface area contributed by atoms with Crippen molar-refractivity contribution in [2.75, 3.05) is 18.4 Å². The molecule has 1 aliphatic heterocycles. The van der Waals surface area contributed by atoms with E-state index in [1.165, 1.54) is 19.3 Å². The van der Waals surface area contributed by atoms with Gasteiger partial charge in [0, 0.05) is 18.8 Å². The first-order valence-electron chi connectivity index (χ1n) is 7.98. The Bertz CT molecular complexity index is 475. The molecule has 1 aromatic rings. The lowest BCUT2D eigenvalue weighted by Gasteiger charge is -2.23. The molecule has 1 amide bonds. The summed E-state index contributed by atoms with van der Waals surface area (Å²) in [6, 6.07) is 7.67. The minimum absolute atomic E-state index is 0.0707. The first-order chi connectivity index (χ1) is 10.1. The summed E-state index contributed by atoms with van der Waals surface area (Å²) in [5.41, 5.74) is 7.50. The molecule has 1 saturated heterocycles. The molecule has 3 N–H and O–H groups in total. The van der Waals surface area contributed by atoms with Crippen LogP contribution in [0.5, 0.6) is 0 Å². The summed E-state index contributed by atoms with van der Waals surface area (Å²) in [4.78, 5) is 14.7. The number of nitrogens with zero attached hydrogens (tertiary/aromatic N) is 1. The molecule has 1 aromatic carbocycles. The van der Waals surface area contributed by atoms with Crippen molar-refractivity contribution in [1.82, 2.24) is 4.90 Å². The molecule has 1 fully saturated rings. The number of carbonyl (C=O) groups excluding carboxylic acids is 1. The van der Waals surface area contributed by atoms with Gasteiger partial charge < -0.3 is 11.1 Å². The van der Waals surface area contributed by atoms with Gasteiger partial charge in [-0.05, 0) is 49.9 Å². The Hall–Kier alpha value is -1.39. The molecule has 2 atom stereocenters. The lowest BCUT2D eigenvalue weighted by molar-refractivity contribution is -0.120. The zero-order valence-electron chi connectivity index (χ0n) is 13.1. The molecule has 0 radical (unpaired) electrons. The number of benzene rings is 1. The molecule has 2 rings (SSSR count). The number of likely N-dealkylation sites (tertiary alicyclic amines) is 1. The Morgan fingerprint density at radius 2 is 2.33 bits per heavy atom. The number of carbonyl (C=O) groups is 1. The topological polar surface area (TPSA) is 58.4 Å². The van der Waals surface area contributed by atoms with Gasteiger partial charge in [0.05, 0.1) is 6.04 Å². The van der Waals surface area contributed by atoms with E-state index in [1.807, 2.05) is 31.2 Å². The number of amides is 1. The van der Waals surface area contributed by atoms with Crippen molar-refractivity contribution in [3.8, 4) is 0 Å². The van der Waals surface area contributed by atoms with E-state index in [9.17, 15) is 4.79 Å². The van der Waals surface area contributed by atoms with E-state index in [0.717, 1.165) is 30.3 Å². The van der Waals surface area contributed by atoms with Crippen LogP contribution in [0.2, 0.25) is 0 Å². The fraction of sp³-hybridized carbons (Fsp3) is 0.588. The Labute approximate surface area is 127 Å². The highest BCUT2D eigenvalue weighted by Gasteiger charge is 2.28. The van der Waals surface area contributed by atoms with Crippen molar-refractivity contribution >= 4 is 11.6 Å². The van der Waals surface area contributed by atoms with E-state index >= 15 is 0 Å². The zero-order valence-corrected chi connectivity index (χ0v) is 13.1. The quantitative estimate of drug-likeness (QED) is 0.846. The molecule has 0 saturated carbocycles. The summed E-state index contributed by atoms with van der Waals surface area (Å²) < 4.78 is 0.